The molecule has 2 aromatic rings. The second-order valence-corrected chi connectivity index (χ2v) is 5.36. The summed E-state index contributed by atoms with van der Waals surface area (Å²) >= 11 is 5.96. The SMILES string of the molecule is CCOc1ccc(C(=O)NCCNC(=O)c2ccccc2Cl)cc1. The first-order chi connectivity index (χ1) is 11.6. The Balaban J connectivity index is 1.76. The molecular formula is C18H19ClN2O3. The van der Waals surface area contributed by atoms with Crippen LogP contribution in [0.15, 0.2) is 48.5 Å². The minimum Gasteiger partial charge on any atom is -0.494 e. The molecule has 0 aliphatic carbocycles. The molecule has 2 N–H and O–H groups in total. The van der Waals surface area contributed by atoms with Gasteiger partial charge in [0.25, 0.3) is 11.8 Å². The third-order valence-electron chi connectivity index (χ3n) is 3.24. The highest BCUT2D eigenvalue weighted by Gasteiger charge is 2.09. The maximum Gasteiger partial charge on any atom is 0.252 e. The fraction of sp³-hybridized carbons (Fsp3) is 0.222. The maximum atomic E-state index is 12.0. The van der Waals surface area contributed by atoms with Crippen molar-refractivity contribution in [2.45, 2.75) is 6.92 Å². The Kier molecular flexibility index (Phi) is 6.63. The Labute approximate surface area is 146 Å². The van der Waals surface area contributed by atoms with E-state index in [1.54, 1.807) is 48.5 Å². The zero-order valence-corrected chi connectivity index (χ0v) is 14.1. The molecule has 0 radical (unpaired) electrons. The second-order valence-electron chi connectivity index (χ2n) is 4.95. The van der Waals surface area contributed by atoms with Gasteiger partial charge in [0.15, 0.2) is 0 Å². The van der Waals surface area contributed by atoms with Crippen LogP contribution in [-0.4, -0.2) is 31.5 Å². The number of benzene rings is 2. The summed E-state index contributed by atoms with van der Waals surface area (Å²) in [4.78, 5) is 24.0. The van der Waals surface area contributed by atoms with Gasteiger partial charge in [-0.1, -0.05) is 23.7 Å². The van der Waals surface area contributed by atoms with Crippen molar-refractivity contribution in [2.24, 2.45) is 0 Å². The number of carbonyl (C=O) groups is 2. The Morgan fingerprint density at radius 2 is 1.58 bits per heavy atom. The number of halogens is 1. The van der Waals surface area contributed by atoms with Crippen molar-refractivity contribution < 1.29 is 14.3 Å². The molecule has 6 heteroatoms. The number of hydrogen-bond donors (Lipinski definition) is 2. The molecule has 24 heavy (non-hydrogen) atoms. The molecule has 2 amide bonds. The largest absolute Gasteiger partial charge is 0.494 e. The van der Waals surface area contributed by atoms with Gasteiger partial charge in [0.05, 0.1) is 17.2 Å². The molecule has 0 saturated carbocycles. The van der Waals surface area contributed by atoms with Crippen molar-refractivity contribution in [3.8, 4) is 5.75 Å². The molecule has 2 rings (SSSR count). The zero-order chi connectivity index (χ0) is 17.4. The minimum absolute atomic E-state index is 0.204. The summed E-state index contributed by atoms with van der Waals surface area (Å²) < 4.78 is 5.33. The van der Waals surface area contributed by atoms with E-state index in [0.29, 0.717) is 35.8 Å². The van der Waals surface area contributed by atoms with Gasteiger partial charge in [0.1, 0.15) is 5.75 Å². The number of hydrogen-bond acceptors (Lipinski definition) is 3. The average molecular weight is 347 g/mol. The number of ether oxygens (including phenoxy) is 1. The summed E-state index contributed by atoms with van der Waals surface area (Å²) in [5.41, 5.74) is 0.952. The van der Waals surface area contributed by atoms with Gasteiger partial charge in [0, 0.05) is 18.7 Å². The lowest BCUT2D eigenvalue weighted by atomic mass is 10.2. The highest BCUT2D eigenvalue weighted by molar-refractivity contribution is 6.33. The number of amides is 2. The van der Waals surface area contributed by atoms with E-state index in [0.717, 1.165) is 5.75 Å². The topological polar surface area (TPSA) is 67.4 Å². The van der Waals surface area contributed by atoms with E-state index in [4.69, 9.17) is 16.3 Å². The lowest BCUT2D eigenvalue weighted by Gasteiger charge is -2.09. The fourth-order valence-corrected chi connectivity index (χ4v) is 2.29. The molecule has 0 aliphatic rings. The van der Waals surface area contributed by atoms with Crippen LogP contribution in [0.25, 0.3) is 0 Å². The van der Waals surface area contributed by atoms with Gasteiger partial charge in [-0.3, -0.25) is 9.59 Å². The summed E-state index contributed by atoms with van der Waals surface area (Å²) in [5, 5.41) is 5.86. The molecule has 0 saturated heterocycles. The maximum absolute atomic E-state index is 12.0. The van der Waals surface area contributed by atoms with Gasteiger partial charge in [0.2, 0.25) is 0 Å². The van der Waals surface area contributed by atoms with E-state index in [1.807, 2.05) is 6.92 Å². The number of rotatable bonds is 7. The van der Waals surface area contributed by atoms with E-state index >= 15 is 0 Å². The molecule has 0 heterocycles. The molecular weight excluding hydrogens is 328 g/mol. The molecule has 126 valence electrons. The van der Waals surface area contributed by atoms with E-state index in [-0.39, 0.29) is 11.8 Å². The van der Waals surface area contributed by atoms with Crippen LogP contribution in [0.5, 0.6) is 5.75 Å². The highest BCUT2D eigenvalue weighted by atomic mass is 35.5. The second kappa shape index (κ2) is 8.93. The summed E-state index contributed by atoms with van der Waals surface area (Å²) in [6, 6.07) is 13.7. The van der Waals surface area contributed by atoms with E-state index < -0.39 is 0 Å². The smallest absolute Gasteiger partial charge is 0.252 e. The number of carbonyl (C=O) groups excluding carboxylic acids is 2. The van der Waals surface area contributed by atoms with Crippen LogP contribution in [0.3, 0.4) is 0 Å². The summed E-state index contributed by atoms with van der Waals surface area (Å²) in [6.07, 6.45) is 0. The highest BCUT2D eigenvalue weighted by Crippen LogP contribution is 2.14. The van der Waals surface area contributed by atoms with Gasteiger partial charge >= 0.3 is 0 Å². The van der Waals surface area contributed by atoms with Crippen molar-refractivity contribution in [1.82, 2.24) is 10.6 Å². The monoisotopic (exact) mass is 346 g/mol. The van der Waals surface area contributed by atoms with Crippen LogP contribution in [0.2, 0.25) is 5.02 Å². The Morgan fingerprint density at radius 3 is 2.21 bits per heavy atom. The molecule has 0 aromatic heterocycles. The molecule has 5 nitrogen and oxygen atoms in total. The lowest BCUT2D eigenvalue weighted by Crippen LogP contribution is -2.34. The van der Waals surface area contributed by atoms with Crippen LogP contribution >= 0.6 is 11.6 Å². The first-order valence-electron chi connectivity index (χ1n) is 7.65. The molecule has 0 aliphatic heterocycles. The normalized spacial score (nSPS) is 10.1. The standard InChI is InChI=1S/C18H19ClN2O3/c1-2-24-14-9-7-13(8-10-14)17(22)20-11-12-21-18(23)15-5-3-4-6-16(15)19/h3-10H,2,11-12H2,1H3,(H,20,22)(H,21,23). The van der Waals surface area contributed by atoms with Gasteiger partial charge < -0.3 is 15.4 Å². The lowest BCUT2D eigenvalue weighted by molar-refractivity contribution is 0.0927. The Bertz CT molecular complexity index is 702. The van der Waals surface area contributed by atoms with Crippen LogP contribution < -0.4 is 15.4 Å². The van der Waals surface area contributed by atoms with Crippen molar-refractivity contribution in [3.63, 3.8) is 0 Å². The first kappa shape index (κ1) is 17.8. The van der Waals surface area contributed by atoms with Crippen molar-refractivity contribution in [3.05, 3.63) is 64.7 Å². The fourth-order valence-electron chi connectivity index (χ4n) is 2.06. The van der Waals surface area contributed by atoms with Crippen LogP contribution in [0.1, 0.15) is 27.6 Å². The van der Waals surface area contributed by atoms with E-state index in [9.17, 15) is 9.59 Å². The molecule has 0 atom stereocenters. The zero-order valence-electron chi connectivity index (χ0n) is 13.3. The Hall–Kier alpha value is -2.53. The molecule has 2 aromatic carbocycles. The molecule has 0 bridgehead atoms. The quantitative estimate of drug-likeness (QED) is 0.757. The molecule has 0 fully saturated rings. The van der Waals surface area contributed by atoms with E-state index in [2.05, 4.69) is 10.6 Å². The van der Waals surface area contributed by atoms with Gasteiger partial charge in [-0.15, -0.1) is 0 Å². The Morgan fingerprint density at radius 1 is 0.958 bits per heavy atom. The average Bonchev–Trinajstić information content (AvgIpc) is 2.59. The molecule has 0 unspecified atom stereocenters. The predicted octanol–water partition coefficient (Wildman–Crippen LogP) is 2.90. The summed E-state index contributed by atoms with van der Waals surface area (Å²) in [5.74, 6) is 0.252. The van der Waals surface area contributed by atoms with Crippen LogP contribution in [0.4, 0.5) is 0 Å². The first-order valence-corrected chi connectivity index (χ1v) is 8.03. The predicted molar refractivity (Wildman–Crippen MR) is 93.7 cm³/mol. The number of nitrogens with one attached hydrogen (secondary N) is 2. The van der Waals surface area contributed by atoms with E-state index in [1.165, 1.54) is 0 Å². The summed E-state index contributed by atoms with van der Waals surface area (Å²) in [7, 11) is 0. The third-order valence-corrected chi connectivity index (χ3v) is 3.57. The molecule has 0 spiro atoms. The summed E-state index contributed by atoms with van der Waals surface area (Å²) in [6.45, 7) is 3.11. The minimum atomic E-state index is -0.268. The van der Waals surface area contributed by atoms with Crippen LogP contribution in [0, 0.1) is 0 Å². The van der Waals surface area contributed by atoms with Crippen molar-refractivity contribution >= 4 is 23.4 Å². The van der Waals surface area contributed by atoms with Gasteiger partial charge in [-0.2, -0.15) is 0 Å². The van der Waals surface area contributed by atoms with Crippen molar-refractivity contribution in [2.75, 3.05) is 19.7 Å². The third kappa shape index (κ3) is 4.99. The van der Waals surface area contributed by atoms with Crippen molar-refractivity contribution in [1.29, 1.82) is 0 Å². The van der Waals surface area contributed by atoms with Gasteiger partial charge in [-0.05, 0) is 43.3 Å². The van der Waals surface area contributed by atoms with Crippen LogP contribution in [-0.2, 0) is 0 Å². The van der Waals surface area contributed by atoms with Gasteiger partial charge in [-0.25, -0.2) is 0 Å².